The molecule has 3 heteroatoms. The Morgan fingerprint density at radius 2 is 1.58 bits per heavy atom. The van der Waals surface area contributed by atoms with Crippen LogP contribution in [-0.4, -0.2) is 19.6 Å². The van der Waals surface area contributed by atoms with Gasteiger partial charge in [0.1, 0.15) is 5.75 Å². The molecule has 0 spiro atoms. The molecule has 2 heterocycles. The summed E-state index contributed by atoms with van der Waals surface area (Å²) in [5, 5.41) is 0.709. The predicted octanol–water partition coefficient (Wildman–Crippen LogP) is 6.12. The van der Waals surface area contributed by atoms with E-state index in [-0.39, 0.29) is 5.92 Å². The van der Waals surface area contributed by atoms with Crippen molar-refractivity contribution in [2.75, 3.05) is 19.6 Å². The van der Waals surface area contributed by atoms with E-state index in [1.807, 2.05) is 6.07 Å². The minimum atomic E-state index is 0.0297. The lowest BCUT2D eigenvalue weighted by atomic mass is 9.83. The topological polar surface area (TPSA) is 13.7 Å². The summed E-state index contributed by atoms with van der Waals surface area (Å²) < 4.78 is 6.57. The molecule has 0 unspecified atom stereocenters. The highest BCUT2D eigenvalue weighted by molar-refractivity contribution is 6.35. The van der Waals surface area contributed by atoms with Crippen molar-refractivity contribution >= 4 is 17.4 Å². The number of benzene rings is 3. The number of likely N-dealkylation sites (tertiary alicyclic amines) is 1. The monoisotopic (exact) mass is 456 g/mol. The van der Waals surface area contributed by atoms with Gasteiger partial charge in [-0.1, -0.05) is 90.0 Å². The van der Waals surface area contributed by atoms with Gasteiger partial charge in [0.25, 0.3) is 0 Å². The number of para-hydroxylation sites is 1. The van der Waals surface area contributed by atoms with E-state index in [1.165, 1.54) is 43.5 Å². The van der Waals surface area contributed by atoms with Crippen molar-refractivity contribution in [3.8, 4) is 5.75 Å². The molecule has 1 saturated heterocycles. The number of rotatable bonds is 4. The molecule has 0 amide bonds. The van der Waals surface area contributed by atoms with E-state index in [1.54, 1.807) is 4.90 Å². The molecule has 33 heavy (non-hydrogen) atoms. The number of quaternary nitrogens is 1. The minimum absolute atomic E-state index is 0.0297. The maximum atomic E-state index is 7.26. The molecule has 168 valence electrons. The second-order valence-corrected chi connectivity index (χ2v) is 9.54. The molecule has 0 radical (unpaired) electrons. The fraction of sp³-hybridized carbons (Fsp3) is 0.267. The van der Waals surface area contributed by atoms with E-state index in [9.17, 15) is 0 Å². The fourth-order valence-corrected chi connectivity index (χ4v) is 5.34. The maximum absolute atomic E-state index is 7.26. The number of piperidine rings is 1. The van der Waals surface area contributed by atoms with Crippen molar-refractivity contribution in [1.29, 1.82) is 0 Å². The first kappa shape index (κ1) is 22.0. The van der Waals surface area contributed by atoms with Crippen LogP contribution in [0.3, 0.4) is 0 Å². The molecule has 5 rings (SSSR count). The highest BCUT2D eigenvalue weighted by atomic mass is 35.5. The van der Waals surface area contributed by atoms with Crippen molar-refractivity contribution in [1.82, 2.24) is 0 Å². The van der Waals surface area contributed by atoms with Gasteiger partial charge in [0.2, 0.25) is 0 Å². The van der Waals surface area contributed by atoms with E-state index in [0.717, 1.165) is 34.8 Å². The summed E-state index contributed by atoms with van der Waals surface area (Å²) in [6.07, 6.45) is 6.35. The number of fused-ring (bicyclic) bond motifs is 1. The maximum Gasteiger partial charge on any atom is 0.153 e. The van der Waals surface area contributed by atoms with E-state index < -0.39 is 0 Å². The largest absolute Gasteiger partial charge is 0.455 e. The van der Waals surface area contributed by atoms with Crippen LogP contribution in [-0.2, 0) is 0 Å². The standard InChI is InChI=1S/C30H30ClNO/c1-22-14-16-24(17-15-22)30-29(31)26(18-21-32-19-8-3-9-20-32)28(23-10-4-2-5-11-23)25-12-6-7-13-27(25)33-30/h2,4-7,10-18,28H,3,8-9,19-21H2,1H3/p+1/b26-18-/t28-/m0/s1. The molecule has 3 aromatic rings. The second kappa shape index (κ2) is 9.99. The summed E-state index contributed by atoms with van der Waals surface area (Å²) in [5.74, 6) is 1.64. The number of aryl methyl sites for hydroxylation is 1. The van der Waals surface area contributed by atoms with Gasteiger partial charge < -0.3 is 9.64 Å². The van der Waals surface area contributed by atoms with Crippen LogP contribution in [0.1, 0.15) is 47.4 Å². The van der Waals surface area contributed by atoms with Crippen LogP contribution in [0.25, 0.3) is 5.76 Å². The number of hydrogen-bond donors (Lipinski definition) is 1. The fourth-order valence-electron chi connectivity index (χ4n) is 5.00. The zero-order valence-corrected chi connectivity index (χ0v) is 19.9. The molecule has 2 aliphatic heterocycles. The van der Waals surface area contributed by atoms with Crippen LogP contribution in [0.15, 0.2) is 95.5 Å². The molecule has 0 bridgehead atoms. The lowest BCUT2D eigenvalue weighted by Gasteiger charge is -2.24. The van der Waals surface area contributed by atoms with Crippen LogP contribution in [0.2, 0.25) is 0 Å². The number of hydrogen-bond acceptors (Lipinski definition) is 1. The average molecular weight is 457 g/mol. The molecule has 1 fully saturated rings. The van der Waals surface area contributed by atoms with E-state index in [4.69, 9.17) is 16.3 Å². The summed E-state index contributed by atoms with van der Waals surface area (Å²) in [6.45, 7) is 5.55. The SMILES string of the molecule is Cc1ccc(C2=C(Cl)/C(=C\C[NH+]3CCCCC3)[C@@H](c3ccccc3)c3ccccc3O2)cc1. The Hall–Kier alpha value is -2.81. The molecule has 0 aliphatic carbocycles. The molecular weight excluding hydrogens is 426 g/mol. The van der Waals surface area contributed by atoms with Gasteiger partial charge >= 0.3 is 0 Å². The average Bonchev–Trinajstić information content (AvgIpc) is 2.99. The molecule has 3 aromatic carbocycles. The predicted molar refractivity (Wildman–Crippen MR) is 137 cm³/mol. The normalized spacial score (nSPS) is 20.3. The van der Waals surface area contributed by atoms with Crippen LogP contribution in [0.5, 0.6) is 5.75 Å². The minimum Gasteiger partial charge on any atom is -0.455 e. The summed E-state index contributed by atoms with van der Waals surface area (Å²) >= 11 is 7.26. The van der Waals surface area contributed by atoms with Gasteiger partial charge in [-0.15, -0.1) is 0 Å². The third-order valence-electron chi connectivity index (χ3n) is 6.82. The van der Waals surface area contributed by atoms with Gasteiger partial charge in [0.15, 0.2) is 5.76 Å². The molecular formula is C30H31ClNO+. The van der Waals surface area contributed by atoms with Crippen molar-refractivity contribution in [2.24, 2.45) is 0 Å². The molecule has 1 N–H and O–H groups in total. The molecule has 2 nitrogen and oxygen atoms in total. The summed E-state index contributed by atoms with van der Waals surface area (Å²) in [5.41, 5.74) is 5.75. The Kier molecular flexibility index (Phi) is 6.66. The zero-order valence-electron chi connectivity index (χ0n) is 19.2. The van der Waals surface area contributed by atoms with Gasteiger partial charge in [-0.3, -0.25) is 0 Å². The number of allylic oxidation sites excluding steroid dienone is 2. The lowest BCUT2D eigenvalue weighted by molar-refractivity contribution is -0.899. The Morgan fingerprint density at radius 3 is 2.33 bits per heavy atom. The number of halogens is 1. The van der Waals surface area contributed by atoms with Crippen molar-refractivity contribution in [3.05, 3.63) is 118 Å². The van der Waals surface area contributed by atoms with Crippen molar-refractivity contribution in [3.63, 3.8) is 0 Å². The Morgan fingerprint density at radius 1 is 0.879 bits per heavy atom. The van der Waals surface area contributed by atoms with Crippen LogP contribution >= 0.6 is 11.6 Å². The smallest absolute Gasteiger partial charge is 0.153 e. The molecule has 0 saturated carbocycles. The van der Waals surface area contributed by atoms with Crippen molar-refractivity contribution < 1.29 is 9.64 Å². The zero-order chi connectivity index (χ0) is 22.6. The highest BCUT2D eigenvalue weighted by Crippen LogP contribution is 2.47. The van der Waals surface area contributed by atoms with Crippen LogP contribution < -0.4 is 9.64 Å². The summed E-state index contributed by atoms with van der Waals surface area (Å²) in [7, 11) is 0. The van der Waals surface area contributed by atoms with Gasteiger partial charge in [-0.25, -0.2) is 0 Å². The van der Waals surface area contributed by atoms with Crippen molar-refractivity contribution in [2.45, 2.75) is 32.1 Å². The van der Waals surface area contributed by atoms with Gasteiger partial charge in [-0.05, 0) is 49.5 Å². The van der Waals surface area contributed by atoms with Crippen LogP contribution in [0, 0.1) is 6.92 Å². The molecule has 1 atom stereocenters. The number of ether oxygens (including phenoxy) is 1. The highest BCUT2D eigenvalue weighted by Gasteiger charge is 2.31. The Labute approximate surface area is 202 Å². The number of nitrogens with one attached hydrogen (secondary N) is 1. The third-order valence-corrected chi connectivity index (χ3v) is 7.21. The van der Waals surface area contributed by atoms with E-state index in [2.05, 4.69) is 85.8 Å². The Balaban J connectivity index is 1.68. The summed E-state index contributed by atoms with van der Waals surface area (Å²) in [6, 6.07) is 27.5. The molecule has 0 aromatic heterocycles. The third kappa shape index (κ3) is 4.78. The quantitative estimate of drug-likeness (QED) is 0.499. The molecule has 2 aliphatic rings. The first-order chi connectivity index (χ1) is 16.2. The first-order valence-electron chi connectivity index (χ1n) is 12.0. The van der Waals surface area contributed by atoms with Crippen LogP contribution in [0.4, 0.5) is 0 Å². The summed E-state index contributed by atoms with van der Waals surface area (Å²) in [4.78, 5) is 1.64. The van der Waals surface area contributed by atoms with Gasteiger partial charge in [-0.2, -0.15) is 0 Å². The van der Waals surface area contributed by atoms with E-state index in [0.29, 0.717) is 5.03 Å². The van der Waals surface area contributed by atoms with Gasteiger partial charge in [0.05, 0.1) is 24.7 Å². The first-order valence-corrected chi connectivity index (χ1v) is 12.4. The lowest BCUT2D eigenvalue weighted by Crippen LogP contribution is -3.12. The van der Waals surface area contributed by atoms with Gasteiger partial charge in [0, 0.05) is 17.0 Å². The second-order valence-electron chi connectivity index (χ2n) is 9.17. The Bertz CT molecular complexity index is 1160. The van der Waals surface area contributed by atoms with E-state index >= 15 is 0 Å².